The van der Waals surface area contributed by atoms with E-state index in [0.29, 0.717) is 6.42 Å². The summed E-state index contributed by atoms with van der Waals surface area (Å²) in [5.41, 5.74) is 3.27. The van der Waals surface area contributed by atoms with Crippen molar-refractivity contribution in [1.29, 1.82) is 5.26 Å². The molecular formula is C18H17N5S. The number of rotatable bonds is 5. The third kappa shape index (κ3) is 3.63. The molecule has 0 aliphatic rings. The van der Waals surface area contributed by atoms with Gasteiger partial charge in [-0.25, -0.2) is 0 Å². The van der Waals surface area contributed by atoms with Crippen LogP contribution in [0.25, 0.3) is 11.4 Å². The molecule has 3 rings (SSSR count). The third-order valence-electron chi connectivity index (χ3n) is 3.69. The molecule has 0 aliphatic carbocycles. The summed E-state index contributed by atoms with van der Waals surface area (Å²) in [5, 5.41) is 18.5. The number of hydrogen-bond donors (Lipinski definition) is 0. The van der Waals surface area contributed by atoms with E-state index in [-0.39, 0.29) is 5.25 Å². The van der Waals surface area contributed by atoms with Gasteiger partial charge in [-0.05, 0) is 31.0 Å². The fourth-order valence-corrected chi connectivity index (χ4v) is 3.26. The fraction of sp³-hybridized carbons (Fsp3) is 0.222. The highest BCUT2D eigenvalue weighted by Crippen LogP contribution is 2.27. The summed E-state index contributed by atoms with van der Waals surface area (Å²) in [6, 6.07) is 14.4. The van der Waals surface area contributed by atoms with Gasteiger partial charge in [-0.2, -0.15) is 5.26 Å². The first-order chi connectivity index (χ1) is 11.7. The van der Waals surface area contributed by atoms with Gasteiger partial charge in [-0.1, -0.05) is 41.6 Å². The van der Waals surface area contributed by atoms with Crippen molar-refractivity contribution >= 4 is 11.8 Å². The van der Waals surface area contributed by atoms with Crippen LogP contribution in [0.3, 0.4) is 0 Å². The lowest BCUT2D eigenvalue weighted by Crippen LogP contribution is -2.06. The van der Waals surface area contributed by atoms with Crippen LogP contribution in [0.15, 0.2) is 53.9 Å². The Kier molecular flexibility index (Phi) is 4.92. The molecule has 2 heterocycles. The Morgan fingerprint density at radius 1 is 1.21 bits per heavy atom. The van der Waals surface area contributed by atoms with E-state index in [1.165, 1.54) is 17.3 Å². The lowest BCUT2D eigenvalue weighted by Gasteiger charge is -2.09. The van der Waals surface area contributed by atoms with E-state index in [9.17, 15) is 5.26 Å². The minimum Gasteiger partial charge on any atom is -0.305 e. The van der Waals surface area contributed by atoms with Crippen LogP contribution in [0.2, 0.25) is 0 Å². The molecule has 6 heteroatoms. The van der Waals surface area contributed by atoms with Crippen molar-refractivity contribution in [2.45, 2.75) is 23.8 Å². The van der Waals surface area contributed by atoms with E-state index in [4.69, 9.17) is 0 Å². The number of hydrogen-bond acceptors (Lipinski definition) is 5. The zero-order chi connectivity index (χ0) is 16.9. The lowest BCUT2D eigenvalue weighted by atomic mass is 10.1. The van der Waals surface area contributed by atoms with E-state index in [0.717, 1.165) is 22.1 Å². The fourth-order valence-electron chi connectivity index (χ4n) is 2.34. The first-order valence-corrected chi connectivity index (χ1v) is 8.47. The average molecular weight is 335 g/mol. The van der Waals surface area contributed by atoms with Gasteiger partial charge in [-0.3, -0.25) is 4.98 Å². The SMILES string of the molecule is Cc1ccc(CC(C#N)Sc2nnc(-c3cccnc3)n2C)cc1. The molecule has 0 aliphatic heterocycles. The Balaban J connectivity index is 1.76. The highest BCUT2D eigenvalue weighted by molar-refractivity contribution is 8.00. The number of nitriles is 1. The van der Waals surface area contributed by atoms with E-state index in [1.807, 2.05) is 23.7 Å². The van der Waals surface area contributed by atoms with Gasteiger partial charge in [0, 0.05) is 25.0 Å². The van der Waals surface area contributed by atoms with Crippen LogP contribution in [0, 0.1) is 18.3 Å². The number of benzene rings is 1. The van der Waals surface area contributed by atoms with Gasteiger partial charge in [0.15, 0.2) is 11.0 Å². The van der Waals surface area contributed by atoms with Gasteiger partial charge in [0.05, 0.1) is 6.07 Å². The molecule has 0 N–H and O–H groups in total. The monoisotopic (exact) mass is 335 g/mol. The molecule has 1 atom stereocenters. The van der Waals surface area contributed by atoms with Crippen molar-refractivity contribution in [2.75, 3.05) is 0 Å². The van der Waals surface area contributed by atoms with Crippen molar-refractivity contribution in [3.63, 3.8) is 0 Å². The standard InChI is InChI=1S/C18H17N5S/c1-13-5-7-14(8-6-13)10-16(11-19)24-18-22-21-17(23(18)2)15-4-3-9-20-12-15/h3-9,12,16H,10H2,1-2H3. The topological polar surface area (TPSA) is 67.4 Å². The number of pyridine rings is 1. The Morgan fingerprint density at radius 3 is 2.67 bits per heavy atom. The van der Waals surface area contributed by atoms with E-state index < -0.39 is 0 Å². The Bertz CT molecular complexity index is 849. The van der Waals surface area contributed by atoms with Crippen molar-refractivity contribution in [3.8, 4) is 17.5 Å². The first kappa shape index (κ1) is 16.2. The molecule has 0 bridgehead atoms. The van der Waals surface area contributed by atoms with Gasteiger partial charge < -0.3 is 4.57 Å². The molecule has 0 radical (unpaired) electrons. The summed E-state index contributed by atoms with van der Waals surface area (Å²) in [6.45, 7) is 2.06. The van der Waals surface area contributed by atoms with Gasteiger partial charge in [0.25, 0.3) is 0 Å². The minimum absolute atomic E-state index is 0.211. The quantitative estimate of drug-likeness (QED) is 0.668. The number of aromatic nitrogens is 4. The second-order valence-corrected chi connectivity index (χ2v) is 6.70. The summed E-state index contributed by atoms with van der Waals surface area (Å²) in [6.07, 6.45) is 4.16. The molecule has 3 aromatic rings. The Morgan fingerprint density at radius 2 is 2.00 bits per heavy atom. The van der Waals surface area contributed by atoms with Crippen molar-refractivity contribution in [2.24, 2.45) is 7.05 Å². The minimum atomic E-state index is -0.211. The Labute approximate surface area is 145 Å². The summed E-state index contributed by atoms with van der Waals surface area (Å²) in [7, 11) is 1.91. The molecule has 5 nitrogen and oxygen atoms in total. The summed E-state index contributed by atoms with van der Waals surface area (Å²) in [4.78, 5) is 4.11. The van der Waals surface area contributed by atoms with Crippen LogP contribution in [0.5, 0.6) is 0 Å². The van der Waals surface area contributed by atoms with E-state index >= 15 is 0 Å². The van der Waals surface area contributed by atoms with Crippen LogP contribution in [-0.2, 0) is 13.5 Å². The van der Waals surface area contributed by atoms with E-state index in [2.05, 4.69) is 52.4 Å². The molecule has 120 valence electrons. The second kappa shape index (κ2) is 7.28. The van der Waals surface area contributed by atoms with Gasteiger partial charge >= 0.3 is 0 Å². The highest BCUT2D eigenvalue weighted by atomic mass is 32.2. The molecule has 24 heavy (non-hydrogen) atoms. The molecule has 1 aromatic carbocycles. The molecule has 0 amide bonds. The van der Waals surface area contributed by atoms with Gasteiger partial charge in [0.1, 0.15) is 5.25 Å². The first-order valence-electron chi connectivity index (χ1n) is 7.59. The highest BCUT2D eigenvalue weighted by Gasteiger charge is 2.17. The molecule has 1 unspecified atom stereocenters. The van der Waals surface area contributed by atoms with Crippen LogP contribution in [-0.4, -0.2) is 25.0 Å². The average Bonchev–Trinajstić information content (AvgIpc) is 2.97. The van der Waals surface area contributed by atoms with Crippen LogP contribution < -0.4 is 0 Å². The molecule has 0 saturated heterocycles. The second-order valence-electron chi connectivity index (χ2n) is 5.53. The molecule has 2 aromatic heterocycles. The van der Waals surface area contributed by atoms with Crippen molar-refractivity contribution in [3.05, 3.63) is 59.9 Å². The number of aryl methyl sites for hydroxylation is 1. The normalized spacial score (nSPS) is 11.9. The zero-order valence-corrected chi connectivity index (χ0v) is 14.4. The van der Waals surface area contributed by atoms with Crippen molar-refractivity contribution in [1.82, 2.24) is 19.7 Å². The molecular weight excluding hydrogens is 318 g/mol. The van der Waals surface area contributed by atoms with E-state index in [1.54, 1.807) is 12.4 Å². The predicted molar refractivity (Wildman–Crippen MR) is 94.4 cm³/mol. The molecule has 0 spiro atoms. The number of thioether (sulfide) groups is 1. The maximum absolute atomic E-state index is 9.48. The van der Waals surface area contributed by atoms with Crippen molar-refractivity contribution < 1.29 is 0 Å². The maximum atomic E-state index is 9.48. The molecule has 0 fully saturated rings. The maximum Gasteiger partial charge on any atom is 0.192 e. The van der Waals surface area contributed by atoms with Crippen LogP contribution in [0.1, 0.15) is 11.1 Å². The summed E-state index contributed by atoms with van der Waals surface area (Å²) in [5.74, 6) is 0.748. The third-order valence-corrected chi connectivity index (χ3v) is 4.81. The largest absolute Gasteiger partial charge is 0.305 e. The van der Waals surface area contributed by atoms with Crippen LogP contribution >= 0.6 is 11.8 Å². The smallest absolute Gasteiger partial charge is 0.192 e. The molecule has 0 saturated carbocycles. The lowest BCUT2D eigenvalue weighted by molar-refractivity contribution is 0.790. The zero-order valence-electron chi connectivity index (χ0n) is 13.5. The predicted octanol–water partition coefficient (Wildman–Crippen LogP) is 3.41. The van der Waals surface area contributed by atoms with Gasteiger partial charge in [-0.15, -0.1) is 10.2 Å². The Hall–Kier alpha value is -2.65. The van der Waals surface area contributed by atoms with Gasteiger partial charge in [0.2, 0.25) is 0 Å². The summed E-state index contributed by atoms with van der Waals surface area (Å²) >= 11 is 1.44. The summed E-state index contributed by atoms with van der Waals surface area (Å²) < 4.78 is 1.90. The number of nitrogens with zero attached hydrogens (tertiary/aromatic N) is 5. The van der Waals surface area contributed by atoms with Crippen LogP contribution in [0.4, 0.5) is 0 Å².